The number of nitrogens with zero attached hydrogens (tertiary/aromatic N) is 2. The first-order valence-electron chi connectivity index (χ1n) is 7.94. The van der Waals surface area contributed by atoms with Crippen molar-refractivity contribution in [2.75, 3.05) is 13.7 Å². The number of hydrogen-bond donors (Lipinski definition) is 0. The van der Waals surface area contributed by atoms with Crippen LogP contribution in [0.25, 0.3) is 5.69 Å². The van der Waals surface area contributed by atoms with Crippen molar-refractivity contribution < 1.29 is 27.1 Å². The number of ketones is 1. The maximum absolute atomic E-state index is 14.5. The predicted molar refractivity (Wildman–Crippen MR) is 99.5 cm³/mol. The van der Waals surface area contributed by atoms with Crippen LogP contribution in [-0.2, 0) is 22.8 Å². The molecule has 6 nitrogen and oxygen atoms in total. The summed E-state index contributed by atoms with van der Waals surface area (Å²) in [5.41, 5.74) is -4.81. The summed E-state index contributed by atoms with van der Waals surface area (Å²) in [4.78, 5) is 36.5. The van der Waals surface area contributed by atoms with E-state index >= 15 is 0 Å². The molecule has 158 valence electrons. The van der Waals surface area contributed by atoms with Crippen molar-refractivity contribution in [1.82, 2.24) is 9.13 Å². The molecule has 2 rings (SSSR count). The van der Waals surface area contributed by atoms with E-state index in [-0.39, 0.29) is 37.5 Å². The minimum atomic E-state index is -4.94. The molecule has 0 bridgehead atoms. The van der Waals surface area contributed by atoms with Gasteiger partial charge in [-0.2, -0.15) is 13.2 Å². The Balaban J connectivity index is 2.68. The van der Waals surface area contributed by atoms with E-state index in [1.807, 2.05) is 0 Å². The number of methoxy groups -OCH3 is 1. The van der Waals surface area contributed by atoms with Crippen molar-refractivity contribution >= 4 is 29.1 Å². The van der Waals surface area contributed by atoms with E-state index < -0.39 is 39.9 Å². The zero-order chi connectivity index (χ0) is 22.1. The van der Waals surface area contributed by atoms with E-state index in [0.29, 0.717) is 0 Å². The molecule has 29 heavy (non-hydrogen) atoms. The summed E-state index contributed by atoms with van der Waals surface area (Å²) < 4.78 is 58.8. The molecule has 12 heteroatoms. The average Bonchev–Trinajstić information content (AvgIpc) is 2.60. The summed E-state index contributed by atoms with van der Waals surface area (Å²) in [6.07, 6.45) is -4.94. The maximum Gasteiger partial charge on any atom is 0.431 e. The smallest absolute Gasteiger partial charge is 0.383 e. The van der Waals surface area contributed by atoms with Gasteiger partial charge in [-0.3, -0.25) is 14.2 Å². The fourth-order valence-electron chi connectivity index (χ4n) is 2.44. The first kappa shape index (κ1) is 23.2. The third-order valence-corrected chi connectivity index (χ3v) is 5.66. The summed E-state index contributed by atoms with van der Waals surface area (Å²) in [5.74, 6) is -1.36. The van der Waals surface area contributed by atoms with Crippen LogP contribution in [-0.4, -0.2) is 33.9 Å². The van der Waals surface area contributed by atoms with Gasteiger partial charge in [0, 0.05) is 25.1 Å². The standard InChI is InChI=1S/C17H15ClF4N2O4S/c1-8(25)13(7-28-3)29-12-5-11(10(19)4-9(12)18)24-15(26)6-14(17(20,21)22)23(2)16(24)27/h4-6,13H,7H2,1-3H3. The normalized spacial score (nSPS) is 12.8. The molecular formula is C17H15ClF4N2O4S. The van der Waals surface area contributed by atoms with Gasteiger partial charge in [-0.25, -0.2) is 13.8 Å². The molecule has 1 atom stereocenters. The van der Waals surface area contributed by atoms with Crippen molar-refractivity contribution in [2.24, 2.45) is 7.05 Å². The molecule has 2 aromatic rings. The Morgan fingerprint density at radius 3 is 2.41 bits per heavy atom. The summed E-state index contributed by atoms with van der Waals surface area (Å²) in [6.45, 7) is 1.33. The second-order valence-electron chi connectivity index (χ2n) is 5.95. The SMILES string of the molecule is COCC(Sc1cc(-n2c(=O)cc(C(F)(F)F)n(C)c2=O)c(F)cc1Cl)C(C)=O. The minimum Gasteiger partial charge on any atom is -0.383 e. The highest BCUT2D eigenvalue weighted by Crippen LogP contribution is 2.34. The second-order valence-corrected chi connectivity index (χ2v) is 7.60. The highest BCUT2D eigenvalue weighted by molar-refractivity contribution is 8.00. The van der Waals surface area contributed by atoms with Crippen molar-refractivity contribution in [3.05, 3.63) is 55.6 Å². The fraction of sp³-hybridized carbons (Fsp3) is 0.353. The van der Waals surface area contributed by atoms with Crippen LogP contribution >= 0.6 is 23.4 Å². The van der Waals surface area contributed by atoms with Gasteiger partial charge in [0.05, 0.1) is 22.6 Å². The van der Waals surface area contributed by atoms with E-state index in [0.717, 1.165) is 30.9 Å². The van der Waals surface area contributed by atoms with Gasteiger partial charge in [0.15, 0.2) is 0 Å². The van der Waals surface area contributed by atoms with Crippen LogP contribution in [0.4, 0.5) is 17.6 Å². The number of halogens is 5. The lowest BCUT2D eigenvalue weighted by Crippen LogP contribution is -2.41. The number of rotatable bonds is 6. The van der Waals surface area contributed by atoms with Crippen molar-refractivity contribution in [3.8, 4) is 5.69 Å². The summed E-state index contributed by atoms with van der Waals surface area (Å²) >= 11 is 6.91. The van der Waals surface area contributed by atoms with E-state index in [2.05, 4.69) is 0 Å². The van der Waals surface area contributed by atoms with Gasteiger partial charge in [-0.1, -0.05) is 11.6 Å². The quantitative estimate of drug-likeness (QED) is 0.495. The lowest BCUT2D eigenvalue weighted by Gasteiger charge is -2.17. The summed E-state index contributed by atoms with van der Waals surface area (Å²) in [6, 6.07) is 2.04. The van der Waals surface area contributed by atoms with Gasteiger partial charge in [-0.15, -0.1) is 11.8 Å². The Morgan fingerprint density at radius 2 is 1.90 bits per heavy atom. The van der Waals surface area contributed by atoms with Crippen LogP contribution in [0.3, 0.4) is 0 Å². The van der Waals surface area contributed by atoms with Gasteiger partial charge >= 0.3 is 11.9 Å². The first-order chi connectivity index (χ1) is 13.4. The van der Waals surface area contributed by atoms with Gasteiger partial charge in [0.25, 0.3) is 5.56 Å². The van der Waals surface area contributed by atoms with Crippen molar-refractivity contribution in [1.29, 1.82) is 0 Å². The highest BCUT2D eigenvalue weighted by Gasteiger charge is 2.35. The lowest BCUT2D eigenvalue weighted by molar-refractivity contribution is -0.144. The Bertz CT molecular complexity index is 1070. The zero-order valence-corrected chi connectivity index (χ0v) is 16.9. The second kappa shape index (κ2) is 8.72. The number of alkyl halides is 3. The topological polar surface area (TPSA) is 70.3 Å². The Morgan fingerprint density at radius 1 is 1.28 bits per heavy atom. The molecule has 1 unspecified atom stereocenters. The highest BCUT2D eigenvalue weighted by atomic mass is 35.5. The molecule has 0 spiro atoms. The van der Waals surface area contributed by atoms with Crippen LogP contribution in [0.5, 0.6) is 0 Å². The Kier molecular flexibility index (Phi) is 6.97. The van der Waals surface area contributed by atoms with E-state index in [4.69, 9.17) is 16.3 Å². The number of thioether (sulfide) groups is 1. The van der Waals surface area contributed by atoms with E-state index in [1.54, 1.807) is 0 Å². The molecule has 0 amide bonds. The van der Waals surface area contributed by atoms with E-state index in [1.165, 1.54) is 14.0 Å². The molecule has 0 aliphatic heterocycles. The maximum atomic E-state index is 14.5. The molecule has 0 radical (unpaired) electrons. The number of carbonyl (C=O) groups excluding carboxylic acids is 1. The van der Waals surface area contributed by atoms with Crippen LogP contribution in [0, 0.1) is 5.82 Å². The van der Waals surface area contributed by atoms with Gasteiger partial charge < -0.3 is 4.74 Å². The molecule has 1 heterocycles. The summed E-state index contributed by atoms with van der Waals surface area (Å²) in [5, 5.41) is -0.807. The van der Waals surface area contributed by atoms with Gasteiger partial charge in [0.2, 0.25) is 0 Å². The zero-order valence-electron chi connectivity index (χ0n) is 15.3. The van der Waals surface area contributed by atoms with Crippen LogP contribution in [0.2, 0.25) is 5.02 Å². The van der Waals surface area contributed by atoms with Crippen LogP contribution in [0.15, 0.2) is 32.7 Å². The number of benzene rings is 1. The minimum absolute atomic E-state index is 0.0189. The lowest BCUT2D eigenvalue weighted by atomic mass is 10.3. The Labute approximate surface area is 171 Å². The number of carbonyl (C=O) groups is 1. The third-order valence-electron chi connectivity index (χ3n) is 3.89. The molecular weight excluding hydrogens is 440 g/mol. The average molecular weight is 455 g/mol. The molecule has 0 N–H and O–H groups in total. The first-order valence-corrected chi connectivity index (χ1v) is 9.20. The number of aromatic nitrogens is 2. The van der Waals surface area contributed by atoms with Gasteiger partial charge in [0.1, 0.15) is 17.3 Å². The van der Waals surface area contributed by atoms with Crippen molar-refractivity contribution in [3.63, 3.8) is 0 Å². The van der Waals surface area contributed by atoms with E-state index in [9.17, 15) is 31.9 Å². The molecule has 0 aliphatic rings. The Hall–Kier alpha value is -2.11. The molecule has 0 saturated heterocycles. The number of hydrogen-bond acceptors (Lipinski definition) is 5. The number of Topliss-reactive ketones (excluding diaryl/α,β-unsaturated/α-hetero) is 1. The largest absolute Gasteiger partial charge is 0.431 e. The molecule has 0 saturated carbocycles. The van der Waals surface area contributed by atoms with Crippen molar-refractivity contribution in [2.45, 2.75) is 23.2 Å². The molecule has 1 aromatic heterocycles. The van der Waals surface area contributed by atoms with Crippen LogP contribution in [0.1, 0.15) is 12.6 Å². The molecule has 1 aromatic carbocycles. The predicted octanol–water partition coefficient (Wildman–Crippen LogP) is 3.04. The monoisotopic (exact) mass is 454 g/mol. The van der Waals surface area contributed by atoms with Gasteiger partial charge in [-0.05, 0) is 19.1 Å². The summed E-state index contributed by atoms with van der Waals surface area (Å²) in [7, 11) is 2.19. The molecule has 0 fully saturated rings. The fourth-order valence-corrected chi connectivity index (χ4v) is 3.75. The number of ether oxygens (including phenoxy) is 1. The third kappa shape index (κ3) is 4.90. The molecule has 0 aliphatic carbocycles. The van der Waals surface area contributed by atoms with Crippen LogP contribution < -0.4 is 11.2 Å².